The zero-order chi connectivity index (χ0) is 12.3. The molecule has 0 aromatic carbocycles. The molecule has 0 aromatic heterocycles. The largest absolute Gasteiger partial charge is 0.378 e. The van der Waals surface area contributed by atoms with E-state index in [1.54, 1.807) is 0 Å². The van der Waals surface area contributed by atoms with Gasteiger partial charge in [-0.2, -0.15) is 0 Å². The minimum atomic E-state index is 0.659. The van der Waals surface area contributed by atoms with Crippen LogP contribution in [0.5, 0.6) is 0 Å². The monoisotopic (exact) mass is 231 g/mol. The molecule has 0 N–H and O–H groups in total. The zero-order valence-corrected chi connectivity index (χ0v) is 11.2. The molecule has 0 saturated heterocycles. The molecular formula is C16H25N. The first-order chi connectivity index (χ1) is 8.24. The van der Waals surface area contributed by atoms with Gasteiger partial charge in [0.2, 0.25) is 0 Å². The maximum Gasteiger partial charge on any atom is 0.0169 e. The van der Waals surface area contributed by atoms with Gasteiger partial charge in [-0.25, -0.2) is 0 Å². The lowest BCUT2D eigenvalue weighted by Gasteiger charge is -2.40. The highest BCUT2D eigenvalue weighted by atomic mass is 15.1. The van der Waals surface area contributed by atoms with Crippen molar-refractivity contribution in [2.45, 2.75) is 32.6 Å². The standard InChI is InChI=1S/C16H25N/c1-4-12-17(3)13(2)15-11-7-9-14-8-5-6-10-16(14)15/h5-6,8,10,14-16H,2,4,7,9,11-12H2,1,3H3. The molecule has 0 amide bonds. The molecular weight excluding hydrogens is 206 g/mol. The highest BCUT2D eigenvalue weighted by molar-refractivity contribution is 5.20. The van der Waals surface area contributed by atoms with Gasteiger partial charge in [-0.15, -0.1) is 0 Å². The quantitative estimate of drug-likeness (QED) is 0.707. The molecule has 2 aliphatic rings. The molecule has 0 bridgehead atoms. The molecule has 94 valence electrons. The maximum absolute atomic E-state index is 4.36. The minimum absolute atomic E-state index is 0.659. The van der Waals surface area contributed by atoms with E-state index < -0.39 is 0 Å². The summed E-state index contributed by atoms with van der Waals surface area (Å²) in [6.45, 7) is 7.72. The lowest BCUT2D eigenvalue weighted by Crippen LogP contribution is -2.33. The predicted molar refractivity (Wildman–Crippen MR) is 74.7 cm³/mol. The highest BCUT2D eigenvalue weighted by Crippen LogP contribution is 2.41. The van der Waals surface area contributed by atoms with Gasteiger partial charge in [0.1, 0.15) is 0 Å². The number of allylic oxidation sites excluding steroid dienone is 5. The minimum Gasteiger partial charge on any atom is -0.378 e. The Labute approximate surface area is 106 Å². The fourth-order valence-electron chi connectivity index (χ4n) is 3.31. The van der Waals surface area contributed by atoms with Crippen LogP contribution < -0.4 is 0 Å². The van der Waals surface area contributed by atoms with Gasteiger partial charge in [0.05, 0.1) is 0 Å². The van der Waals surface area contributed by atoms with E-state index >= 15 is 0 Å². The third-order valence-electron chi connectivity index (χ3n) is 4.29. The smallest absolute Gasteiger partial charge is 0.0169 e. The van der Waals surface area contributed by atoms with Crippen molar-refractivity contribution in [1.82, 2.24) is 4.90 Å². The van der Waals surface area contributed by atoms with Crippen molar-refractivity contribution < 1.29 is 0 Å². The van der Waals surface area contributed by atoms with Gasteiger partial charge in [-0.3, -0.25) is 0 Å². The molecule has 2 aliphatic carbocycles. The summed E-state index contributed by atoms with van der Waals surface area (Å²) >= 11 is 0. The third-order valence-corrected chi connectivity index (χ3v) is 4.29. The van der Waals surface area contributed by atoms with Crippen molar-refractivity contribution >= 4 is 0 Å². The van der Waals surface area contributed by atoms with Crippen LogP contribution in [0.15, 0.2) is 36.6 Å². The van der Waals surface area contributed by atoms with E-state index in [9.17, 15) is 0 Å². The Morgan fingerprint density at radius 3 is 2.82 bits per heavy atom. The summed E-state index contributed by atoms with van der Waals surface area (Å²) < 4.78 is 0. The van der Waals surface area contributed by atoms with Crippen LogP contribution in [0, 0.1) is 17.8 Å². The first-order valence-electron chi connectivity index (χ1n) is 6.99. The van der Waals surface area contributed by atoms with Crippen molar-refractivity contribution in [1.29, 1.82) is 0 Å². The molecule has 3 unspecified atom stereocenters. The van der Waals surface area contributed by atoms with E-state index in [1.807, 2.05) is 0 Å². The van der Waals surface area contributed by atoms with E-state index in [2.05, 4.69) is 49.8 Å². The number of hydrogen-bond donors (Lipinski definition) is 0. The average molecular weight is 231 g/mol. The molecule has 0 aromatic rings. The van der Waals surface area contributed by atoms with E-state index in [1.165, 1.54) is 31.4 Å². The molecule has 1 fully saturated rings. The Morgan fingerprint density at radius 2 is 2.06 bits per heavy atom. The normalized spacial score (nSPS) is 31.1. The zero-order valence-electron chi connectivity index (χ0n) is 11.2. The average Bonchev–Trinajstić information content (AvgIpc) is 2.37. The summed E-state index contributed by atoms with van der Waals surface area (Å²) in [5.74, 6) is 2.11. The molecule has 1 saturated carbocycles. The Bertz CT molecular complexity index is 326. The lowest BCUT2D eigenvalue weighted by atomic mass is 9.69. The lowest BCUT2D eigenvalue weighted by molar-refractivity contribution is 0.216. The van der Waals surface area contributed by atoms with Gasteiger partial charge >= 0.3 is 0 Å². The van der Waals surface area contributed by atoms with E-state index in [0.717, 1.165) is 12.5 Å². The summed E-state index contributed by atoms with van der Waals surface area (Å²) in [6.07, 6.45) is 14.4. The first-order valence-corrected chi connectivity index (χ1v) is 6.99. The molecule has 2 rings (SSSR count). The van der Waals surface area contributed by atoms with E-state index in [4.69, 9.17) is 0 Å². The molecule has 0 spiro atoms. The van der Waals surface area contributed by atoms with Crippen LogP contribution in [-0.4, -0.2) is 18.5 Å². The van der Waals surface area contributed by atoms with Gasteiger partial charge in [0.25, 0.3) is 0 Å². The Morgan fingerprint density at radius 1 is 1.29 bits per heavy atom. The fourth-order valence-corrected chi connectivity index (χ4v) is 3.31. The number of fused-ring (bicyclic) bond motifs is 1. The Kier molecular flexibility index (Phi) is 4.09. The summed E-state index contributed by atoms with van der Waals surface area (Å²) in [5.41, 5.74) is 1.35. The van der Waals surface area contributed by atoms with Crippen LogP contribution in [0.1, 0.15) is 32.6 Å². The number of nitrogens with zero attached hydrogens (tertiary/aromatic N) is 1. The van der Waals surface area contributed by atoms with Crippen LogP contribution >= 0.6 is 0 Å². The van der Waals surface area contributed by atoms with Crippen molar-refractivity contribution in [3.63, 3.8) is 0 Å². The van der Waals surface area contributed by atoms with Crippen molar-refractivity contribution in [3.8, 4) is 0 Å². The molecule has 0 aliphatic heterocycles. The maximum atomic E-state index is 4.36. The SMILES string of the molecule is C=C(C1CCCC2C=CC=CC21)N(C)CCC. The second kappa shape index (κ2) is 5.57. The van der Waals surface area contributed by atoms with Crippen LogP contribution in [-0.2, 0) is 0 Å². The number of rotatable bonds is 4. The molecule has 1 nitrogen and oxygen atoms in total. The van der Waals surface area contributed by atoms with Crippen LogP contribution in [0.3, 0.4) is 0 Å². The van der Waals surface area contributed by atoms with E-state index in [-0.39, 0.29) is 0 Å². The molecule has 3 atom stereocenters. The number of hydrogen-bond acceptors (Lipinski definition) is 1. The van der Waals surface area contributed by atoms with Crippen LogP contribution in [0.25, 0.3) is 0 Å². The fraction of sp³-hybridized carbons (Fsp3) is 0.625. The summed E-state index contributed by atoms with van der Waals surface area (Å²) in [4.78, 5) is 2.36. The van der Waals surface area contributed by atoms with Crippen molar-refractivity contribution in [2.75, 3.05) is 13.6 Å². The Hall–Kier alpha value is -0.980. The van der Waals surface area contributed by atoms with Gasteiger partial charge in [-0.1, -0.05) is 44.2 Å². The molecule has 0 radical (unpaired) electrons. The first kappa shape index (κ1) is 12.5. The van der Waals surface area contributed by atoms with Gasteiger partial charge in [-0.05, 0) is 31.1 Å². The van der Waals surface area contributed by atoms with Crippen molar-refractivity contribution in [3.05, 3.63) is 36.6 Å². The topological polar surface area (TPSA) is 3.24 Å². The van der Waals surface area contributed by atoms with Gasteiger partial charge < -0.3 is 4.90 Å². The van der Waals surface area contributed by atoms with Crippen molar-refractivity contribution in [2.24, 2.45) is 17.8 Å². The predicted octanol–water partition coefficient (Wildman–Crippen LogP) is 4.00. The molecule has 1 heteroatoms. The van der Waals surface area contributed by atoms with Gasteiger partial charge in [0.15, 0.2) is 0 Å². The summed E-state index contributed by atoms with van der Waals surface area (Å²) in [7, 11) is 2.19. The summed E-state index contributed by atoms with van der Waals surface area (Å²) in [6, 6.07) is 0. The van der Waals surface area contributed by atoms with E-state index in [0.29, 0.717) is 11.8 Å². The van der Waals surface area contributed by atoms with Crippen LogP contribution in [0.4, 0.5) is 0 Å². The van der Waals surface area contributed by atoms with Crippen LogP contribution in [0.2, 0.25) is 0 Å². The van der Waals surface area contributed by atoms with Gasteiger partial charge in [0, 0.05) is 25.2 Å². The third kappa shape index (κ3) is 2.65. The molecule has 17 heavy (non-hydrogen) atoms. The molecule has 0 heterocycles. The Balaban J connectivity index is 2.06. The second-order valence-corrected chi connectivity index (χ2v) is 5.46. The highest BCUT2D eigenvalue weighted by Gasteiger charge is 2.33. The summed E-state index contributed by atoms with van der Waals surface area (Å²) in [5, 5.41) is 0. The second-order valence-electron chi connectivity index (χ2n) is 5.46.